The Morgan fingerprint density at radius 1 is 0.408 bits per heavy atom. The fourth-order valence-corrected chi connectivity index (χ4v) is 8.99. The number of hydrogen-bond acceptors (Lipinski definition) is 1. The van der Waals surface area contributed by atoms with E-state index in [2.05, 4.69) is 175 Å². The van der Waals surface area contributed by atoms with Crippen molar-refractivity contribution in [3.63, 3.8) is 0 Å². The molecule has 0 aliphatic heterocycles. The van der Waals surface area contributed by atoms with E-state index in [1.807, 2.05) is 0 Å². The number of imidazole rings is 1. The van der Waals surface area contributed by atoms with Crippen molar-refractivity contribution in [2.75, 3.05) is 0 Å². The van der Waals surface area contributed by atoms with Gasteiger partial charge in [-0.15, -0.1) is 0 Å². The van der Waals surface area contributed by atoms with Gasteiger partial charge in [0.05, 0.1) is 16.4 Å². The van der Waals surface area contributed by atoms with E-state index in [4.69, 9.17) is 4.98 Å². The van der Waals surface area contributed by atoms with Gasteiger partial charge in [-0.1, -0.05) is 115 Å². The minimum atomic E-state index is -0.383. The molecule has 9 aromatic rings. The van der Waals surface area contributed by atoms with Gasteiger partial charge < -0.3 is 4.57 Å². The first-order chi connectivity index (χ1) is 24.2. The Balaban J connectivity index is 1.15. The molecule has 0 fully saturated rings. The molecule has 8 aromatic carbocycles. The van der Waals surface area contributed by atoms with Gasteiger partial charge in [-0.05, 0) is 126 Å². The lowest BCUT2D eigenvalue weighted by atomic mass is 9.70. The zero-order chi connectivity index (χ0) is 32.3. The molecule has 1 spiro atoms. The van der Waals surface area contributed by atoms with Crippen LogP contribution in [-0.4, -0.2) is 9.55 Å². The molecular weight excluding hydrogens is 593 g/mol. The molecule has 2 aliphatic carbocycles. The van der Waals surface area contributed by atoms with Crippen LogP contribution in [-0.2, 0) is 12.5 Å². The van der Waals surface area contributed by atoms with Gasteiger partial charge in [0.15, 0.2) is 0 Å². The van der Waals surface area contributed by atoms with Crippen molar-refractivity contribution < 1.29 is 0 Å². The maximum atomic E-state index is 4.99. The summed E-state index contributed by atoms with van der Waals surface area (Å²) >= 11 is 0. The molecule has 2 nitrogen and oxygen atoms in total. The van der Waals surface area contributed by atoms with Crippen LogP contribution in [0.5, 0.6) is 0 Å². The molecule has 1 heterocycles. The van der Waals surface area contributed by atoms with Gasteiger partial charge in [0.1, 0.15) is 5.82 Å². The summed E-state index contributed by atoms with van der Waals surface area (Å²) in [5.41, 5.74) is 16.1. The third-order valence-electron chi connectivity index (χ3n) is 11.2. The number of aryl methyl sites for hydroxylation is 1. The van der Waals surface area contributed by atoms with E-state index in [9.17, 15) is 0 Å². The highest BCUT2D eigenvalue weighted by Gasteiger charge is 2.51. The van der Waals surface area contributed by atoms with Crippen molar-refractivity contribution >= 4 is 32.6 Å². The number of hydrogen-bond donors (Lipinski definition) is 0. The minimum Gasteiger partial charge on any atom is -0.327 e. The Labute approximate surface area is 284 Å². The van der Waals surface area contributed by atoms with Gasteiger partial charge in [0, 0.05) is 12.6 Å². The summed E-state index contributed by atoms with van der Waals surface area (Å²) in [7, 11) is 2.10. The summed E-state index contributed by atoms with van der Waals surface area (Å²) in [4.78, 5) is 4.99. The summed E-state index contributed by atoms with van der Waals surface area (Å²) in [6, 6.07) is 60.8. The van der Waals surface area contributed by atoms with Crippen LogP contribution in [0.15, 0.2) is 164 Å². The normalized spacial score (nSPS) is 13.6. The summed E-state index contributed by atoms with van der Waals surface area (Å²) in [6.45, 7) is 0. The van der Waals surface area contributed by atoms with Crippen LogP contribution in [0.2, 0.25) is 0 Å². The van der Waals surface area contributed by atoms with E-state index in [-0.39, 0.29) is 5.41 Å². The summed E-state index contributed by atoms with van der Waals surface area (Å²) in [5.74, 6) is 0.979. The first-order valence-electron chi connectivity index (χ1n) is 17.0. The predicted molar refractivity (Wildman–Crippen MR) is 203 cm³/mol. The topological polar surface area (TPSA) is 17.8 Å². The third-order valence-corrected chi connectivity index (χ3v) is 11.2. The summed E-state index contributed by atoms with van der Waals surface area (Å²) in [6.07, 6.45) is 0. The molecule has 0 saturated carbocycles. The molecule has 0 amide bonds. The third kappa shape index (κ3) is 3.53. The van der Waals surface area contributed by atoms with Crippen molar-refractivity contribution in [3.05, 3.63) is 186 Å². The molecular formula is C47H30N2. The molecule has 0 unspecified atom stereocenters. The lowest BCUT2D eigenvalue weighted by molar-refractivity contribution is 0.796. The zero-order valence-electron chi connectivity index (χ0n) is 27.0. The molecule has 2 heteroatoms. The first kappa shape index (κ1) is 26.8. The number of fused-ring (bicyclic) bond motifs is 13. The van der Waals surface area contributed by atoms with Crippen LogP contribution in [0.4, 0.5) is 0 Å². The smallest absolute Gasteiger partial charge is 0.140 e. The van der Waals surface area contributed by atoms with Gasteiger partial charge in [-0.25, -0.2) is 4.98 Å². The average Bonchev–Trinajstić information content (AvgIpc) is 3.76. The molecule has 0 bridgehead atoms. The maximum absolute atomic E-state index is 4.99. The summed E-state index contributed by atoms with van der Waals surface area (Å²) < 4.78 is 2.19. The lowest BCUT2D eigenvalue weighted by Gasteiger charge is -2.30. The molecule has 1 aromatic heterocycles. The Hall–Kier alpha value is -6.25. The Morgan fingerprint density at radius 2 is 0.980 bits per heavy atom. The molecule has 2 aliphatic rings. The average molecular weight is 623 g/mol. The van der Waals surface area contributed by atoms with E-state index in [1.165, 1.54) is 77.2 Å². The van der Waals surface area contributed by atoms with Crippen LogP contribution >= 0.6 is 0 Å². The van der Waals surface area contributed by atoms with Crippen molar-refractivity contribution in [3.8, 4) is 44.8 Å². The number of benzene rings is 8. The minimum absolute atomic E-state index is 0.383. The van der Waals surface area contributed by atoms with Crippen molar-refractivity contribution in [2.24, 2.45) is 7.05 Å². The second-order valence-electron chi connectivity index (χ2n) is 13.6. The molecule has 0 radical (unpaired) electrons. The quantitative estimate of drug-likeness (QED) is 0.188. The monoisotopic (exact) mass is 622 g/mol. The van der Waals surface area contributed by atoms with E-state index in [1.54, 1.807) is 0 Å². The molecule has 0 saturated heterocycles. The van der Waals surface area contributed by atoms with E-state index in [0.29, 0.717) is 0 Å². The van der Waals surface area contributed by atoms with Gasteiger partial charge in [-0.3, -0.25) is 0 Å². The van der Waals surface area contributed by atoms with E-state index in [0.717, 1.165) is 22.4 Å². The van der Waals surface area contributed by atoms with E-state index >= 15 is 0 Å². The number of aromatic nitrogens is 2. The standard InChI is InChI=1S/C47H30N2/c1-49-45-20-9-8-19-44(45)48-46(49)34-14-10-13-29(23-34)32-21-22-33-26-39-38-25-30-11-2-3-12-31(30)27-42(38)47(43(39)28-35(33)24-32)40-17-6-4-15-36(40)37-16-5-7-18-41(37)47/h2-28H,1H3. The number of nitrogens with zero attached hydrogens (tertiary/aromatic N) is 2. The highest BCUT2D eigenvalue weighted by molar-refractivity contribution is 6.03. The van der Waals surface area contributed by atoms with Gasteiger partial charge in [0.25, 0.3) is 0 Å². The fourth-order valence-electron chi connectivity index (χ4n) is 8.99. The number of para-hydroxylation sites is 2. The Bertz CT molecular complexity index is 2810. The van der Waals surface area contributed by atoms with Crippen molar-refractivity contribution in [1.82, 2.24) is 9.55 Å². The van der Waals surface area contributed by atoms with E-state index < -0.39 is 0 Å². The Kier molecular flexibility index (Phi) is 5.28. The van der Waals surface area contributed by atoms with Gasteiger partial charge >= 0.3 is 0 Å². The maximum Gasteiger partial charge on any atom is 0.140 e. The number of rotatable bonds is 2. The lowest BCUT2D eigenvalue weighted by Crippen LogP contribution is -2.25. The van der Waals surface area contributed by atoms with Gasteiger partial charge in [-0.2, -0.15) is 0 Å². The van der Waals surface area contributed by atoms with Crippen LogP contribution < -0.4 is 0 Å². The van der Waals surface area contributed by atoms with Crippen LogP contribution in [0, 0.1) is 0 Å². The SMILES string of the molecule is Cn1c(-c2cccc(-c3ccc4cc5c(cc4c3)C3(c4ccccc4-c4ccccc43)c3cc4ccccc4cc3-5)c2)nc2ccccc21. The molecule has 11 rings (SSSR count). The molecule has 228 valence electrons. The zero-order valence-corrected chi connectivity index (χ0v) is 27.0. The highest BCUT2D eigenvalue weighted by Crippen LogP contribution is 2.63. The van der Waals surface area contributed by atoms with Crippen molar-refractivity contribution in [2.45, 2.75) is 5.41 Å². The van der Waals surface area contributed by atoms with Crippen LogP contribution in [0.3, 0.4) is 0 Å². The molecule has 49 heavy (non-hydrogen) atoms. The predicted octanol–water partition coefficient (Wildman–Crippen LogP) is 11.6. The largest absolute Gasteiger partial charge is 0.327 e. The van der Waals surface area contributed by atoms with Crippen LogP contribution in [0.1, 0.15) is 22.3 Å². The van der Waals surface area contributed by atoms with Crippen molar-refractivity contribution in [1.29, 1.82) is 0 Å². The van der Waals surface area contributed by atoms with Crippen LogP contribution in [0.25, 0.3) is 77.3 Å². The molecule has 0 N–H and O–H groups in total. The van der Waals surface area contributed by atoms with Gasteiger partial charge in [0.2, 0.25) is 0 Å². The summed E-state index contributed by atoms with van der Waals surface area (Å²) in [5, 5.41) is 5.06. The first-order valence-corrected chi connectivity index (χ1v) is 17.0. The molecule has 0 atom stereocenters. The Morgan fingerprint density at radius 3 is 1.71 bits per heavy atom. The fraction of sp³-hybridized carbons (Fsp3) is 0.0426. The second-order valence-corrected chi connectivity index (χ2v) is 13.6. The highest BCUT2D eigenvalue weighted by atomic mass is 15.1. The second kappa shape index (κ2) is 9.65.